The Labute approximate surface area is 361 Å². The van der Waals surface area contributed by atoms with Gasteiger partial charge in [-0.05, 0) is 67.1 Å². The number of hydrazine groups is 1. The van der Waals surface area contributed by atoms with E-state index in [-0.39, 0.29) is 21.9 Å². The van der Waals surface area contributed by atoms with E-state index in [1.807, 2.05) is 29.5 Å². The molecule has 4 aromatic carbocycles. The number of amides is 1. The van der Waals surface area contributed by atoms with Crippen molar-refractivity contribution in [2.24, 2.45) is 5.84 Å². The summed E-state index contributed by atoms with van der Waals surface area (Å²) in [7, 11) is 6.37. The van der Waals surface area contributed by atoms with E-state index in [9.17, 15) is 9.59 Å². The number of anilines is 2. The van der Waals surface area contributed by atoms with Crippen LogP contribution < -0.4 is 35.5 Å². The van der Waals surface area contributed by atoms with Crippen LogP contribution in [0, 0.1) is 6.92 Å². The summed E-state index contributed by atoms with van der Waals surface area (Å²) < 4.78 is 22.2. The molecule has 308 valence electrons. The molecule has 4 aromatic heterocycles. The number of aromatic nitrogens is 8. The zero-order valence-electron chi connectivity index (χ0n) is 32.3. The molecule has 9 rings (SSSR count). The van der Waals surface area contributed by atoms with Crippen LogP contribution in [0.2, 0.25) is 20.6 Å². The minimum absolute atomic E-state index is 0.151. The van der Waals surface area contributed by atoms with Crippen LogP contribution in [-0.2, 0) is 16.0 Å². The highest BCUT2D eigenvalue weighted by Crippen LogP contribution is 2.28. The van der Waals surface area contributed by atoms with Crippen LogP contribution in [0.3, 0.4) is 0 Å². The zero-order valence-corrected chi connectivity index (χ0v) is 35.3. The normalized spacial score (nSPS) is 11.6. The second-order valence-electron chi connectivity index (χ2n) is 12.3. The van der Waals surface area contributed by atoms with Gasteiger partial charge in [0.15, 0.2) is 32.1 Å². The number of ketones is 1. The topological polar surface area (TPSA) is 216 Å². The number of methoxy groups -OCH3 is 4. The maximum atomic E-state index is 11.1. The number of halogens is 4. The van der Waals surface area contributed by atoms with Crippen molar-refractivity contribution in [3.05, 3.63) is 105 Å². The van der Waals surface area contributed by atoms with Crippen molar-refractivity contribution in [2.45, 2.75) is 13.3 Å². The molecule has 0 radical (unpaired) electrons. The highest BCUT2D eigenvalue weighted by molar-refractivity contribution is 6.42. The maximum Gasteiger partial charge on any atom is 0.292 e. The number of benzene rings is 4. The molecule has 5 heterocycles. The first-order chi connectivity index (χ1) is 28.8. The smallest absolute Gasteiger partial charge is 0.292 e. The average Bonchev–Trinajstić information content (AvgIpc) is 3.66. The van der Waals surface area contributed by atoms with E-state index in [1.165, 1.54) is 0 Å². The van der Waals surface area contributed by atoms with Crippen molar-refractivity contribution in [1.29, 1.82) is 0 Å². The molecule has 0 saturated heterocycles. The lowest BCUT2D eigenvalue weighted by molar-refractivity contribution is -0.134. The minimum Gasteiger partial charge on any atom is -0.497 e. The van der Waals surface area contributed by atoms with Gasteiger partial charge in [-0.25, -0.2) is 30.8 Å². The number of nitrogen functional groups attached to an aromatic ring is 1. The van der Waals surface area contributed by atoms with Gasteiger partial charge >= 0.3 is 0 Å². The molecular formula is C39H33Cl4N11O6. The number of carbonyl (C=O) groups is 2. The summed E-state index contributed by atoms with van der Waals surface area (Å²) in [6.07, 6.45) is 0.151. The number of nitrogens with zero attached hydrogens (tertiary/aromatic N) is 8. The lowest BCUT2D eigenvalue weighted by atomic mass is 10.0. The van der Waals surface area contributed by atoms with Gasteiger partial charge in [-0.2, -0.15) is 0 Å². The number of ether oxygens (including phenoxy) is 4. The molecule has 0 atom stereocenters. The van der Waals surface area contributed by atoms with Crippen LogP contribution >= 0.6 is 46.4 Å². The van der Waals surface area contributed by atoms with Gasteiger partial charge < -0.3 is 29.7 Å². The van der Waals surface area contributed by atoms with Crippen LogP contribution in [-0.4, -0.2) is 79.6 Å². The number of hydrogen-bond donors (Lipinski definition) is 3. The Morgan fingerprint density at radius 3 is 1.72 bits per heavy atom. The van der Waals surface area contributed by atoms with Gasteiger partial charge in [0.25, 0.3) is 5.91 Å². The Morgan fingerprint density at radius 2 is 1.12 bits per heavy atom. The third-order valence-electron chi connectivity index (χ3n) is 8.57. The number of aryl methyl sites for hydroxylation is 1. The SMILES string of the molecule is COc1ccc2c(c1)CC(=O)C(=O)N2.COc1ccc2nc(Cl)c(Cl)nc2c1.COc1ccc2nc(Cl)c(NN)nc2c1.COc1ccc2nc(Cl)c3nnc(C)n3c2c1. The fraction of sp³-hybridized carbons (Fsp3) is 0.154. The van der Waals surface area contributed by atoms with Crippen LogP contribution in [0.1, 0.15) is 11.4 Å². The summed E-state index contributed by atoms with van der Waals surface area (Å²) >= 11 is 23.3. The summed E-state index contributed by atoms with van der Waals surface area (Å²) in [5.41, 5.74) is 8.82. The summed E-state index contributed by atoms with van der Waals surface area (Å²) in [4.78, 5) is 42.9. The number of fused-ring (bicyclic) bond motifs is 6. The Kier molecular flexibility index (Phi) is 13.8. The van der Waals surface area contributed by atoms with Crippen molar-refractivity contribution < 1.29 is 28.5 Å². The zero-order chi connectivity index (χ0) is 43.1. The Bertz CT molecular complexity index is 2900. The van der Waals surface area contributed by atoms with Gasteiger partial charge in [-0.3, -0.25) is 14.0 Å². The first-order valence-corrected chi connectivity index (χ1v) is 18.9. The van der Waals surface area contributed by atoms with E-state index < -0.39 is 11.7 Å². The van der Waals surface area contributed by atoms with Crippen molar-refractivity contribution in [3.63, 3.8) is 0 Å². The minimum atomic E-state index is -0.539. The molecule has 4 N–H and O–H groups in total. The van der Waals surface area contributed by atoms with Crippen molar-refractivity contribution in [3.8, 4) is 23.0 Å². The largest absolute Gasteiger partial charge is 0.497 e. The van der Waals surface area contributed by atoms with E-state index in [1.54, 1.807) is 83.0 Å². The van der Waals surface area contributed by atoms with E-state index in [0.717, 1.165) is 28.2 Å². The van der Waals surface area contributed by atoms with E-state index >= 15 is 0 Å². The van der Waals surface area contributed by atoms with Gasteiger partial charge in [-0.15, -0.1) is 10.2 Å². The molecule has 0 unspecified atom stereocenters. The Morgan fingerprint density at radius 1 is 0.617 bits per heavy atom. The highest BCUT2D eigenvalue weighted by Gasteiger charge is 2.23. The van der Waals surface area contributed by atoms with Gasteiger partial charge in [0.05, 0.1) is 61.5 Å². The number of hydrogen-bond acceptors (Lipinski definition) is 15. The molecule has 1 amide bonds. The predicted molar refractivity (Wildman–Crippen MR) is 230 cm³/mol. The molecule has 0 fully saturated rings. The van der Waals surface area contributed by atoms with Crippen LogP contribution in [0.25, 0.3) is 38.7 Å². The number of nitrogens with one attached hydrogen (secondary N) is 2. The van der Waals surface area contributed by atoms with Crippen LogP contribution in [0.5, 0.6) is 23.0 Å². The lowest BCUT2D eigenvalue weighted by Gasteiger charge is -2.16. The lowest BCUT2D eigenvalue weighted by Crippen LogP contribution is -2.29. The highest BCUT2D eigenvalue weighted by atomic mass is 35.5. The fourth-order valence-electron chi connectivity index (χ4n) is 5.60. The molecular weight excluding hydrogens is 860 g/mol. The summed E-state index contributed by atoms with van der Waals surface area (Å²) in [5.74, 6) is 8.28. The number of nitrogens with two attached hydrogens (primary N) is 1. The van der Waals surface area contributed by atoms with E-state index in [4.69, 9.17) is 71.2 Å². The first-order valence-electron chi connectivity index (χ1n) is 17.4. The summed E-state index contributed by atoms with van der Waals surface area (Å²) in [6.45, 7) is 1.87. The molecule has 0 spiro atoms. The molecule has 1 aliphatic heterocycles. The van der Waals surface area contributed by atoms with Crippen LogP contribution in [0.4, 0.5) is 11.5 Å². The van der Waals surface area contributed by atoms with Gasteiger partial charge in [0.2, 0.25) is 5.78 Å². The van der Waals surface area contributed by atoms with Crippen molar-refractivity contribution in [1.82, 2.24) is 39.5 Å². The molecule has 1 aliphatic rings. The van der Waals surface area contributed by atoms with Gasteiger partial charge in [0, 0.05) is 30.3 Å². The average molecular weight is 894 g/mol. The standard InChI is InChI=1S/C11H9ClN4O.C10H9NO3.C9H6Cl2N2O.C9H9ClN4O/c1-6-14-15-11-10(12)13-8-4-3-7(17-2)5-9(8)16(6)11;1-14-7-2-3-8-6(4-7)5-9(12)10(13)11-8;1-14-5-2-3-6-7(4-5)13-9(11)8(10)12-6;1-15-5-2-3-6-7(4-5)13-9(14-11)8(10)12-6/h3-5H,1-2H3;2-4H,5H2,1H3,(H,11,13);2-4H,1H3;2-4H,11H2,1H3,(H,13,14). The Balaban J connectivity index is 0.000000135. The van der Waals surface area contributed by atoms with Gasteiger partial charge in [0.1, 0.15) is 28.8 Å². The third kappa shape index (κ3) is 9.73. The monoisotopic (exact) mass is 891 g/mol. The molecule has 8 aromatic rings. The molecule has 0 aliphatic carbocycles. The molecule has 17 nitrogen and oxygen atoms in total. The molecule has 0 bridgehead atoms. The van der Waals surface area contributed by atoms with E-state index in [0.29, 0.717) is 61.6 Å². The summed E-state index contributed by atoms with van der Waals surface area (Å²) in [6, 6.07) is 21.5. The molecule has 60 heavy (non-hydrogen) atoms. The Hall–Kier alpha value is -6.37. The van der Waals surface area contributed by atoms with Crippen molar-refractivity contribution >= 4 is 108 Å². The summed E-state index contributed by atoms with van der Waals surface area (Å²) in [5, 5.41) is 11.5. The van der Waals surface area contributed by atoms with Gasteiger partial charge in [-0.1, -0.05) is 46.4 Å². The quantitative estimate of drug-likeness (QED) is 0.0865. The predicted octanol–water partition coefficient (Wildman–Crippen LogP) is 7.53. The second kappa shape index (κ2) is 19.1. The molecule has 21 heteroatoms. The number of rotatable bonds is 5. The van der Waals surface area contributed by atoms with Crippen molar-refractivity contribution in [2.75, 3.05) is 39.2 Å². The van der Waals surface area contributed by atoms with Crippen LogP contribution in [0.15, 0.2) is 72.8 Å². The maximum absolute atomic E-state index is 11.1. The number of carbonyl (C=O) groups excluding carboxylic acids is 2. The van der Waals surface area contributed by atoms with E-state index in [2.05, 4.69) is 45.9 Å². The first kappa shape index (κ1) is 43.2. The molecule has 0 saturated carbocycles. The third-order valence-corrected chi connectivity index (χ3v) is 9.71. The second-order valence-corrected chi connectivity index (χ2v) is 13.7. The number of Topliss-reactive ketones (excluding diaryl/α,β-unsaturated/α-hetero) is 1. The fourth-order valence-corrected chi connectivity index (χ4v) is 6.27.